The highest BCUT2D eigenvalue weighted by Crippen LogP contribution is 2.36. The minimum absolute atomic E-state index is 0.0540. The average molecular weight is 290 g/mol. The van der Waals surface area contributed by atoms with Crippen molar-refractivity contribution in [3.8, 4) is 0 Å². The summed E-state index contributed by atoms with van der Waals surface area (Å²) in [6, 6.07) is 1.82. The van der Waals surface area contributed by atoms with Gasteiger partial charge in [-0.1, -0.05) is 13.3 Å². The van der Waals surface area contributed by atoms with Crippen molar-refractivity contribution >= 4 is 11.9 Å². The van der Waals surface area contributed by atoms with Crippen LogP contribution in [0.15, 0.2) is 18.5 Å². The first-order valence-electron chi connectivity index (χ1n) is 7.43. The molecule has 1 aromatic heterocycles. The van der Waals surface area contributed by atoms with E-state index in [0.29, 0.717) is 37.9 Å². The molecule has 0 radical (unpaired) electrons. The Morgan fingerprint density at radius 3 is 2.52 bits per heavy atom. The molecule has 2 rings (SSSR count). The molecule has 2 heterocycles. The van der Waals surface area contributed by atoms with E-state index in [-0.39, 0.29) is 5.91 Å². The van der Waals surface area contributed by atoms with Crippen LogP contribution < -0.4 is 0 Å². The Bertz CT molecular complexity index is 534. The Labute approximate surface area is 125 Å². The number of rotatable bonds is 4. The summed E-state index contributed by atoms with van der Waals surface area (Å²) >= 11 is 0. The van der Waals surface area contributed by atoms with Crippen LogP contribution in [0.1, 0.15) is 48.5 Å². The number of carboxylic acid groups (broad SMARTS) is 1. The molecule has 0 spiro atoms. The van der Waals surface area contributed by atoms with Crippen LogP contribution in [0.5, 0.6) is 0 Å². The van der Waals surface area contributed by atoms with Crippen molar-refractivity contribution in [3.63, 3.8) is 0 Å². The topological polar surface area (TPSA) is 70.5 Å². The maximum atomic E-state index is 12.4. The second kappa shape index (κ2) is 6.24. The third kappa shape index (κ3) is 3.23. The molecule has 0 unspecified atom stereocenters. The molecule has 0 aromatic carbocycles. The summed E-state index contributed by atoms with van der Waals surface area (Å²) in [6.45, 7) is 4.90. The zero-order chi connectivity index (χ0) is 15.5. The summed E-state index contributed by atoms with van der Waals surface area (Å²) in [4.78, 5) is 29.8. The summed E-state index contributed by atoms with van der Waals surface area (Å²) in [5.41, 5.74) is 0.869. The fourth-order valence-corrected chi connectivity index (χ4v) is 3.04. The van der Waals surface area contributed by atoms with E-state index in [4.69, 9.17) is 0 Å². The number of amides is 1. The Balaban J connectivity index is 2.06. The quantitative estimate of drug-likeness (QED) is 0.925. The SMILES string of the molecule is CCCC1(C(=O)O)CCN(C(=O)c2cncc(C)c2)CC1. The fourth-order valence-electron chi connectivity index (χ4n) is 3.04. The lowest BCUT2D eigenvalue weighted by molar-refractivity contribution is -0.152. The van der Waals surface area contributed by atoms with Crippen molar-refractivity contribution in [3.05, 3.63) is 29.6 Å². The lowest BCUT2D eigenvalue weighted by atomic mass is 9.75. The number of aryl methyl sites for hydroxylation is 1. The van der Waals surface area contributed by atoms with Crippen LogP contribution in [0, 0.1) is 12.3 Å². The first-order chi connectivity index (χ1) is 9.98. The van der Waals surface area contributed by atoms with Crippen molar-refractivity contribution < 1.29 is 14.7 Å². The van der Waals surface area contributed by atoms with Crippen LogP contribution in [0.2, 0.25) is 0 Å². The molecule has 21 heavy (non-hydrogen) atoms. The summed E-state index contributed by atoms with van der Waals surface area (Å²) in [5, 5.41) is 9.48. The number of hydrogen-bond acceptors (Lipinski definition) is 3. The molecule has 5 nitrogen and oxygen atoms in total. The maximum absolute atomic E-state index is 12.4. The van der Waals surface area contributed by atoms with E-state index in [9.17, 15) is 14.7 Å². The fraction of sp³-hybridized carbons (Fsp3) is 0.562. The van der Waals surface area contributed by atoms with Gasteiger partial charge in [0.15, 0.2) is 0 Å². The zero-order valence-corrected chi connectivity index (χ0v) is 12.6. The van der Waals surface area contributed by atoms with Gasteiger partial charge < -0.3 is 10.0 Å². The predicted octanol–water partition coefficient (Wildman–Crippen LogP) is 2.50. The Kier molecular flexibility index (Phi) is 4.60. The molecule has 114 valence electrons. The van der Waals surface area contributed by atoms with Crippen LogP contribution in [0.25, 0.3) is 0 Å². The van der Waals surface area contributed by atoms with Gasteiger partial charge in [0.05, 0.1) is 11.0 Å². The number of aromatic nitrogens is 1. The molecule has 1 aliphatic heterocycles. The molecule has 0 aliphatic carbocycles. The molecular weight excluding hydrogens is 268 g/mol. The Morgan fingerprint density at radius 2 is 2.00 bits per heavy atom. The summed E-state index contributed by atoms with van der Waals surface area (Å²) < 4.78 is 0. The smallest absolute Gasteiger partial charge is 0.309 e. The van der Waals surface area contributed by atoms with Crippen LogP contribution in [0.3, 0.4) is 0 Å². The normalized spacial score (nSPS) is 17.5. The highest BCUT2D eigenvalue weighted by molar-refractivity contribution is 5.94. The third-order valence-electron chi connectivity index (χ3n) is 4.31. The monoisotopic (exact) mass is 290 g/mol. The average Bonchev–Trinajstić information content (AvgIpc) is 2.47. The molecular formula is C16H22N2O3. The van der Waals surface area contributed by atoms with E-state index in [2.05, 4.69) is 4.98 Å². The lowest BCUT2D eigenvalue weighted by Gasteiger charge is -2.38. The number of hydrogen-bond donors (Lipinski definition) is 1. The second-order valence-corrected chi connectivity index (χ2v) is 5.88. The summed E-state index contributed by atoms with van der Waals surface area (Å²) in [5.74, 6) is -0.782. The zero-order valence-electron chi connectivity index (χ0n) is 12.6. The molecule has 5 heteroatoms. The van der Waals surface area contributed by atoms with E-state index in [1.807, 2.05) is 19.9 Å². The number of likely N-dealkylation sites (tertiary alicyclic amines) is 1. The lowest BCUT2D eigenvalue weighted by Crippen LogP contribution is -2.46. The van der Waals surface area contributed by atoms with E-state index in [1.165, 1.54) is 0 Å². The van der Waals surface area contributed by atoms with Gasteiger partial charge in [-0.25, -0.2) is 0 Å². The van der Waals surface area contributed by atoms with Crippen LogP contribution in [-0.4, -0.2) is 40.0 Å². The van der Waals surface area contributed by atoms with Gasteiger partial charge in [-0.3, -0.25) is 14.6 Å². The van der Waals surface area contributed by atoms with Crippen LogP contribution in [0.4, 0.5) is 0 Å². The number of carbonyl (C=O) groups is 2. The number of piperidine rings is 1. The van der Waals surface area contributed by atoms with E-state index < -0.39 is 11.4 Å². The Hall–Kier alpha value is -1.91. The minimum Gasteiger partial charge on any atom is -0.481 e. The molecule has 0 atom stereocenters. The highest BCUT2D eigenvalue weighted by atomic mass is 16.4. The maximum Gasteiger partial charge on any atom is 0.309 e. The van der Waals surface area contributed by atoms with Crippen molar-refractivity contribution in [2.75, 3.05) is 13.1 Å². The van der Waals surface area contributed by atoms with Crippen LogP contribution in [-0.2, 0) is 4.79 Å². The predicted molar refractivity (Wildman–Crippen MR) is 79.1 cm³/mol. The first-order valence-corrected chi connectivity index (χ1v) is 7.43. The summed E-state index contributed by atoms with van der Waals surface area (Å²) in [6.07, 6.45) is 5.87. The first kappa shape index (κ1) is 15.5. The van der Waals surface area contributed by atoms with E-state index in [1.54, 1.807) is 17.3 Å². The van der Waals surface area contributed by atoms with Gasteiger partial charge in [0.1, 0.15) is 0 Å². The molecule has 1 aromatic rings. The van der Waals surface area contributed by atoms with Gasteiger partial charge in [-0.15, -0.1) is 0 Å². The van der Waals surface area contributed by atoms with E-state index in [0.717, 1.165) is 12.0 Å². The van der Waals surface area contributed by atoms with Gasteiger partial charge in [0, 0.05) is 25.5 Å². The molecule has 1 fully saturated rings. The molecule has 1 aliphatic rings. The number of carbonyl (C=O) groups excluding carboxylic acids is 1. The highest BCUT2D eigenvalue weighted by Gasteiger charge is 2.41. The standard InChI is InChI=1S/C16H22N2O3/c1-3-4-16(15(20)21)5-7-18(8-6-16)14(19)13-9-12(2)10-17-11-13/h9-11H,3-8H2,1-2H3,(H,20,21). The minimum atomic E-state index is -0.728. The largest absolute Gasteiger partial charge is 0.481 e. The van der Waals surface area contributed by atoms with Crippen molar-refractivity contribution in [1.29, 1.82) is 0 Å². The number of aliphatic carboxylic acids is 1. The second-order valence-electron chi connectivity index (χ2n) is 5.88. The molecule has 1 amide bonds. The van der Waals surface area contributed by atoms with Gasteiger partial charge in [-0.05, 0) is 37.8 Å². The van der Waals surface area contributed by atoms with Crippen molar-refractivity contribution in [2.24, 2.45) is 5.41 Å². The van der Waals surface area contributed by atoms with Crippen LogP contribution >= 0.6 is 0 Å². The number of nitrogens with zero attached hydrogens (tertiary/aromatic N) is 2. The van der Waals surface area contributed by atoms with Gasteiger partial charge in [-0.2, -0.15) is 0 Å². The molecule has 0 bridgehead atoms. The van der Waals surface area contributed by atoms with Gasteiger partial charge >= 0.3 is 5.97 Å². The van der Waals surface area contributed by atoms with Crippen molar-refractivity contribution in [1.82, 2.24) is 9.88 Å². The third-order valence-corrected chi connectivity index (χ3v) is 4.31. The van der Waals surface area contributed by atoms with Gasteiger partial charge in [0.25, 0.3) is 5.91 Å². The molecule has 1 saturated heterocycles. The molecule has 0 saturated carbocycles. The summed E-state index contributed by atoms with van der Waals surface area (Å²) in [7, 11) is 0. The molecule has 1 N–H and O–H groups in total. The Morgan fingerprint density at radius 1 is 1.33 bits per heavy atom. The number of pyridine rings is 1. The van der Waals surface area contributed by atoms with E-state index >= 15 is 0 Å². The van der Waals surface area contributed by atoms with Gasteiger partial charge in [0.2, 0.25) is 0 Å². The number of carboxylic acids is 1. The van der Waals surface area contributed by atoms with Crippen molar-refractivity contribution in [2.45, 2.75) is 39.5 Å².